The number of anilines is 2. The third-order valence-electron chi connectivity index (χ3n) is 3.86. The molecule has 0 atom stereocenters. The van der Waals surface area contributed by atoms with E-state index in [0.717, 1.165) is 16.2 Å². The van der Waals surface area contributed by atoms with Gasteiger partial charge in [-0.15, -0.1) is 11.3 Å². The minimum absolute atomic E-state index is 0.336. The summed E-state index contributed by atoms with van der Waals surface area (Å²) >= 11 is 1.58. The fourth-order valence-electron chi connectivity index (χ4n) is 2.66. The highest BCUT2D eigenvalue weighted by Gasteiger charge is 2.09. The number of thiazole rings is 1. The Labute approximate surface area is 154 Å². The maximum atomic E-state index is 12.3. The van der Waals surface area contributed by atoms with E-state index in [1.54, 1.807) is 30.6 Å². The number of nitrogens with one attached hydrogen (secondary N) is 2. The second kappa shape index (κ2) is 6.89. The van der Waals surface area contributed by atoms with E-state index in [-0.39, 0.29) is 6.03 Å². The number of imidazole rings is 1. The molecular weight excluding hydrogens is 348 g/mol. The van der Waals surface area contributed by atoms with Crippen molar-refractivity contribution in [2.75, 3.05) is 17.7 Å². The highest BCUT2D eigenvalue weighted by atomic mass is 32.1. The van der Waals surface area contributed by atoms with Gasteiger partial charge in [0.1, 0.15) is 5.75 Å². The number of nitrogens with zero attached hydrogens (tertiary/aromatic N) is 2. The van der Waals surface area contributed by atoms with Crippen molar-refractivity contribution >= 4 is 33.7 Å². The number of methoxy groups -OCH3 is 1. The van der Waals surface area contributed by atoms with Crippen molar-refractivity contribution < 1.29 is 9.53 Å². The largest absolute Gasteiger partial charge is 0.495 e. The first-order valence-corrected chi connectivity index (χ1v) is 8.84. The van der Waals surface area contributed by atoms with Crippen LogP contribution in [0, 0.1) is 0 Å². The summed E-state index contributed by atoms with van der Waals surface area (Å²) in [6.45, 7) is 0. The number of carbonyl (C=O) groups excluding carboxylic acids is 1. The van der Waals surface area contributed by atoms with Crippen LogP contribution in [-0.2, 0) is 0 Å². The predicted octanol–water partition coefficient (Wildman–Crippen LogP) is 4.72. The molecule has 26 heavy (non-hydrogen) atoms. The lowest BCUT2D eigenvalue weighted by molar-refractivity contribution is 0.262. The van der Waals surface area contributed by atoms with Gasteiger partial charge in [-0.3, -0.25) is 4.40 Å². The van der Waals surface area contributed by atoms with Crippen LogP contribution in [0.25, 0.3) is 16.2 Å². The Morgan fingerprint density at radius 2 is 2.04 bits per heavy atom. The monoisotopic (exact) mass is 364 g/mol. The first-order valence-electron chi connectivity index (χ1n) is 7.96. The van der Waals surface area contributed by atoms with Crippen molar-refractivity contribution in [3.8, 4) is 17.0 Å². The molecule has 0 aliphatic heterocycles. The summed E-state index contributed by atoms with van der Waals surface area (Å²) < 4.78 is 7.22. The molecule has 2 N–H and O–H groups in total. The summed E-state index contributed by atoms with van der Waals surface area (Å²) in [5.74, 6) is 0.606. The van der Waals surface area contributed by atoms with Gasteiger partial charge in [0.2, 0.25) is 0 Å². The summed E-state index contributed by atoms with van der Waals surface area (Å²) in [4.78, 5) is 17.8. The number of aromatic nitrogens is 2. The van der Waals surface area contributed by atoms with Crippen molar-refractivity contribution in [2.24, 2.45) is 0 Å². The van der Waals surface area contributed by atoms with Gasteiger partial charge in [0.15, 0.2) is 4.96 Å². The number of urea groups is 1. The zero-order valence-electron chi connectivity index (χ0n) is 14.0. The molecule has 6 nitrogen and oxygen atoms in total. The van der Waals surface area contributed by atoms with Crippen LogP contribution in [-0.4, -0.2) is 22.5 Å². The Morgan fingerprint density at radius 3 is 2.88 bits per heavy atom. The molecule has 0 spiro atoms. The molecule has 0 aliphatic rings. The minimum Gasteiger partial charge on any atom is -0.495 e. The van der Waals surface area contributed by atoms with Crippen LogP contribution in [0.2, 0.25) is 0 Å². The average molecular weight is 364 g/mol. The molecule has 2 aromatic carbocycles. The van der Waals surface area contributed by atoms with E-state index in [9.17, 15) is 4.79 Å². The van der Waals surface area contributed by atoms with Crippen LogP contribution in [0.1, 0.15) is 0 Å². The fourth-order valence-corrected chi connectivity index (χ4v) is 3.36. The van der Waals surface area contributed by atoms with Crippen molar-refractivity contribution in [1.82, 2.24) is 9.38 Å². The van der Waals surface area contributed by atoms with Gasteiger partial charge >= 0.3 is 6.03 Å². The summed E-state index contributed by atoms with van der Waals surface area (Å²) in [6, 6.07) is 14.5. The molecule has 0 saturated heterocycles. The maximum Gasteiger partial charge on any atom is 0.323 e. The normalized spacial score (nSPS) is 10.7. The molecule has 2 heterocycles. The van der Waals surface area contributed by atoms with Crippen LogP contribution in [0.5, 0.6) is 5.75 Å². The fraction of sp³-hybridized carbons (Fsp3) is 0.0526. The van der Waals surface area contributed by atoms with Gasteiger partial charge in [-0.25, -0.2) is 9.78 Å². The van der Waals surface area contributed by atoms with E-state index in [1.165, 1.54) is 0 Å². The van der Waals surface area contributed by atoms with E-state index >= 15 is 0 Å². The van der Waals surface area contributed by atoms with Gasteiger partial charge in [-0.1, -0.05) is 24.3 Å². The number of para-hydroxylation sites is 2. The molecule has 0 bridgehead atoms. The van der Waals surface area contributed by atoms with Gasteiger partial charge in [0.05, 0.1) is 18.5 Å². The summed E-state index contributed by atoms with van der Waals surface area (Å²) in [5.41, 5.74) is 3.10. The van der Waals surface area contributed by atoms with E-state index in [2.05, 4.69) is 15.6 Å². The van der Waals surface area contributed by atoms with Crippen LogP contribution in [0.3, 0.4) is 0 Å². The Balaban J connectivity index is 1.51. The Hall–Kier alpha value is -3.32. The number of ether oxygens (including phenoxy) is 1. The van der Waals surface area contributed by atoms with Crippen molar-refractivity contribution in [3.05, 3.63) is 66.3 Å². The quantitative estimate of drug-likeness (QED) is 0.551. The maximum absolute atomic E-state index is 12.3. The number of benzene rings is 2. The zero-order valence-corrected chi connectivity index (χ0v) is 14.8. The summed E-state index contributed by atoms with van der Waals surface area (Å²) in [5, 5.41) is 7.63. The third-order valence-corrected chi connectivity index (χ3v) is 4.64. The van der Waals surface area contributed by atoms with Gasteiger partial charge < -0.3 is 15.4 Å². The predicted molar refractivity (Wildman–Crippen MR) is 104 cm³/mol. The van der Waals surface area contributed by atoms with E-state index in [4.69, 9.17) is 4.74 Å². The Kier molecular flexibility index (Phi) is 4.28. The lowest BCUT2D eigenvalue weighted by atomic mass is 10.1. The molecule has 0 unspecified atom stereocenters. The first kappa shape index (κ1) is 16.2. The zero-order chi connectivity index (χ0) is 17.9. The van der Waals surface area contributed by atoms with Gasteiger partial charge in [0, 0.05) is 29.0 Å². The molecule has 0 radical (unpaired) electrons. The van der Waals surface area contributed by atoms with Crippen molar-refractivity contribution in [3.63, 3.8) is 0 Å². The molecular formula is C19H16N4O2S. The topological polar surface area (TPSA) is 67.7 Å². The molecule has 0 saturated carbocycles. The molecule has 0 aliphatic carbocycles. The third kappa shape index (κ3) is 3.25. The minimum atomic E-state index is -0.336. The second-order valence-corrected chi connectivity index (χ2v) is 6.45. The standard InChI is InChI=1S/C19H16N4O2S/c1-25-17-8-3-2-7-15(17)21-18(24)20-14-6-4-5-13(11-14)16-12-23-9-10-26-19(23)22-16/h2-12H,1H3,(H2,20,21,24). The molecule has 4 aromatic rings. The summed E-state index contributed by atoms with van der Waals surface area (Å²) in [7, 11) is 1.57. The van der Waals surface area contributed by atoms with Crippen LogP contribution >= 0.6 is 11.3 Å². The average Bonchev–Trinajstić information content (AvgIpc) is 3.24. The number of carbonyl (C=O) groups is 1. The smallest absolute Gasteiger partial charge is 0.323 e. The molecule has 0 fully saturated rings. The molecule has 4 rings (SSSR count). The molecule has 2 amide bonds. The van der Waals surface area contributed by atoms with Crippen LogP contribution < -0.4 is 15.4 Å². The number of fused-ring (bicyclic) bond motifs is 1. The molecule has 130 valence electrons. The Morgan fingerprint density at radius 1 is 1.15 bits per heavy atom. The summed E-state index contributed by atoms with van der Waals surface area (Å²) in [6.07, 6.45) is 3.94. The number of hydrogen-bond acceptors (Lipinski definition) is 4. The van der Waals surface area contributed by atoms with Crippen molar-refractivity contribution in [2.45, 2.75) is 0 Å². The highest BCUT2D eigenvalue weighted by Crippen LogP contribution is 2.25. The van der Waals surface area contributed by atoms with Crippen molar-refractivity contribution in [1.29, 1.82) is 0 Å². The lowest BCUT2D eigenvalue weighted by Gasteiger charge is -2.11. The SMILES string of the molecule is COc1ccccc1NC(=O)Nc1cccc(-c2cn3ccsc3n2)c1. The Bertz CT molecular complexity index is 1040. The van der Waals surface area contributed by atoms with Gasteiger partial charge in [-0.05, 0) is 24.3 Å². The first-order chi connectivity index (χ1) is 12.7. The highest BCUT2D eigenvalue weighted by molar-refractivity contribution is 7.15. The molecule has 7 heteroatoms. The van der Waals surface area contributed by atoms with Gasteiger partial charge in [-0.2, -0.15) is 0 Å². The lowest BCUT2D eigenvalue weighted by Crippen LogP contribution is -2.19. The number of hydrogen-bond donors (Lipinski definition) is 2. The van der Waals surface area contributed by atoms with Crippen LogP contribution in [0.15, 0.2) is 66.3 Å². The second-order valence-electron chi connectivity index (χ2n) is 5.58. The van der Waals surface area contributed by atoms with E-state index in [1.807, 2.05) is 58.6 Å². The van der Waals surface area contributed by atoms with E-state index in [0.29, 0.717) is 17.1 Å². The number of rotatable bonds is 4. The van der Waals surface area contributed by atoms with E-state index < -0.39 is 0 Å². The molecule has 2 aromatic heterocycles. The van der Waals surface area contributed by atoms with Gasteiger partial charge in [0.25, 0.3) is 0 Å². The number of amides is 2. The van der Waals surface area contributed by atoms with Crippen LogP contribution in [0.4, 0.5) is 16.2 Å².